The summed E-state index contributed by atoms with van der Waals surface area (Å²) >= 11 is 0. The van der Waals surface area contributed by atoms with E-state index < -0.39 is 5.79 Å². The van der Waals surface area contributed by atoms with E-state index in [-0.39, 0.29) is 12.0 Å². The van der Waals surface area contributed by atoms with Gasteiger partial charge in [0.05, 0.1) is 19.8 Å². The number of aliphatic hydroxyl groups is 1. The lowest BCUT2D eigenvalue weighted by Gasteiger charge is -2.42. The van der Waals surface area contributed by atoms with Crippen LogP contribution < -0.4 is 0 Å². The molecule has 2 aliphatic rings. The molecule has 3 nitrogen and oxygen atoms in total. The maximum Gasteiger partial charge on any atom is 0.165 e. The molecule has 1 aliphatic carbocycles. The zero-order valence-corrected chi connectivity index (χ0v) is 13.4. The van der Waals surface area contributed by atoms with Crippen LogP contribution in [0.3, 0.4) is 0 Å². The van der Waals surface area contributed by atoms with Gasteiger partial charge in [-0.1, -0.05) is 26.8 Å². The van der Waals surface area contributed by atoms with E-state index in [4.69, 9.17) is 9.47 Å². The molecule has 0 radical (unpaired) electrons. The van der Waals surface area contributed by atoms with Crippen LogP contribution in [0.25, 0.3) is 0 Å². The minimum atomic E-state index is -0.451. The van der Waals surface area contributed by atoms with E-state index in [1.807, 2.05) is 0 Å². The van der Waals surface area contributed by atoms with Crippen molar-refractivity contribution in [3.8, 4) is 0 Å². The lowest BCUT2D eigenvalue weighted by molar-refractivity contribution is -0.293. The number of aliphatic hydroxyl groups excluding tert-OH is 1. The molecule has 2 atom stereocenters. The third-order valence-electron chi connectivity index (χ3n) is 4.82. The summed E-state index contributed by atoms with van der Waals surface area (Å²) in [5.41, 5.74) is 1.33. The lowest BCUT2D eigenvalue weighted by atomic mass is 9.76. The van der Waals surface area contributed by atoms with Crippen molar-refractivity contribution in [1.29, 1.82) is 0 Å². The molecule has 2 rings (SSSR count). The monoisotopic (exact) mass is 282 g/mol. The summed E-state index contributed by atoms with van der Waals surface area (Å²) in [5, 5.41) is 9.52. The Bertz CT molecular complexity index is 349. The average Bonchev–Trinajstić information content (AvgIpc) is 2.41. The standard InChI is InChI=1S/C17H30O3/c1-13-6-5-7-14(10-18)15(13)8-9-17(4)19-11-16(2,3)12-20-17/h7,13,15,18H,5-6,8-12H2,1-4H3/t13-,15?/m1/s1. The highest BCUT2D eigenvalue weighted by atomic mass is 16.7. The van der Waals surface area contributed by atoms with Gasteiger partial charge in [0.1, 0.15) is 0 Å². The zero-order chi connectivity index (χ0) is 14.8. The van der Waals surface area contributed by atoms with Gasteiger partial charge < -0.3 is 14.6 Å². The van der Waals surface area contributed by atoms with Gasteiger partial charge >= 0.3 is 0 Å². The predicted octanol–water partition coefficient (Wildman–Crippen LogP) is 3.52. The Hall–Kier alpha value is -0.380. The molecule has 3 heteroatoms. The van der Waals surface area contributed by atoms with Gasteiger partial charge in [0.2, 0.25) is 0 Å². The number of hydrogen-bond donors (Lipinski definition) is 1. The quantitative estimate of drug-likeness (QED) is 0.802. The normalized spacial score (nSPS) is 32.8. The second-order valence-corrected chi connectivity index (χ2v) is 7.51. The Labute approximate surface area is 123 Å². The SMILES string of the molecule is C[C@@H]1CCC=C(CO)C1CCC1(C)OCC(C)(C)CO1. The van der Waals surface area contributed by atoms with E-state index in [1.165, 1.54) is 12.0 Å². The molecule has 0 spiro atoms. The molecule has 0 saturated carbocycles. The summed E-state index contributed by atoms with van der Waals surface area (Å²) in [4.78, 5) is 0. The molecular weight excluding hydrogens is 252 g/mol. The van der Waals surface area contributed by atoms with Crippen molar-refractivity contribution in [2.24, 2.45) is 17.3 Å². The zero-order valence-electron chi connectivity index (χ0n) is 13.4. The van der Waals surface area contributed by atoms with E-state index in [9.17, 15) is 5.11 Å². The molecule has 116 valence electrons. The molecule has 0 amide bonds. The van der Waals surface area contributed by atoms with Gasteiger partial charge in [0.25, 0.3) is 0 Å². The molecule has 1 aliphatic heterocycles. The van der Waals surface area contributed by atoms with Gasteiger partial charge in [-0.25, -0.2) is 0 Å². The van der Waals surface area contributed by atoms with Crippen molar-refractivity contribution in [3.05, 3.63) is 11.6 Å². The molecule has 0 aromatic carbocycles. The van der Waals surface area contributed by atoms with Crippen LogP contribution in [0.5, 0.6) is 0 Å². The third kappa shape index (κ3) is 3.84. The Morgan fingerprint density at radius 1 is 1.25 bits per heavy atom. The number of rotatable bonds is 4. The highest BCUT2D eigenvalue weighted by Crippen LogP contribution is 2.38. The Balaban J connectivity index is 1.91. The first-order chi connectivity index (χ1) is 9.35. The van der Waals surface area contributed by atoms with Crippen molar-refractivity contribution in [2.75, 3.05) is 19.8 Å². The molecule has 1 heterocycles. The van der Waals surface area contributed by atoms with Crippen LogP contribution in [0.2, 0.25) is 0 Å². The first-order valence-corrected chi connectivity index (χ1v) is 7.93. The van der Waals surface area contributed by atoms with E-state index >= 15 is 0 Å². The fraction of sp³-hybridized carbons (Fsp3) is 0.882. The van der Waals surface area contributed by atoms with Crippen molar-refractivity contribution < 1.29 is 14.6 Å². The van der Waals surface area contributed by atoms with Crippen LogP contribution in [0.4, 0.5) is 0 Å². The molecular formula is C17H30O3. The van der Waals surface area contributed by atoms with Crippen LogP contribution in [0.15, 0.2) is 11.6 Å². The predicted molar refractivity (Wildman–Crippen MR) is 80.4 cm³/mol. The summed E-state index contributed by atoms with van der Waals surface area (Å²) in [5.74, 6) is 0.672. The average molecular weight is 282 g/mol. The first-order valence-electron chi connectivity index (χ1n) is 7.93. The summed E-state index contributed by atoms with van der Waals surface area (Å²) in [7, 11) is 0. The van der Waals surface area contributed by atoms with Crippen molar-refractivity contribution in [3.63, 3.8) is 0 Å². The Morgan fingerprint density at radius 3 is 2.50 bits per heavy atom. The highest BCUT2D eigenvalue weighted by Gasteiger charge is 2.37. The van der Waals surface area contributed by atoms with Crippen molar-refractivity contribution in [1.82, 2.24) is 0 Å². The van der Waals surface area contributed by atoms with Crippen LogP contribution in [-0.2, 0) is 9.47 Å². The third-order valence-corrected chi connectivity index (χ3v) is 4.82. The molecule has 1 saturated heterocycles. The number of ether oxygens (including phenoxy) is 2. The molecule has 1 unspecified atom stereocenters. The topological polar surface area (TPSA) is 38.7 Å². The van der Waals surface area contributed by atoms with E-state index in [2.05, 4.69) is 33.8 Å². The van der Waals surface area contributed by atoms with E-state index in [1.54, 1.807) is 0 Å². The van der Waals surface area contributed by atoms with Crippen molar-refractivity contribution in [2.45, 2.75) is 59.2 Å². The first kappa shape index (κ1) is 16.0. The largest absolute Gasteiger partial charge is 0.392 e. The smallest absolute Gasteiger partial charge is 0.165 e. The molecule has 1 fully saturated rings. The van der Waals surface area contributed by atoms with Gasteiger partial charge in [-0.3, -0.25) is 0 Å². The second-order valence-electron chi connectivity index (χ2n) is 7.51. The van der Waals surface area contributed by atoms with Gasteiger partial charge in [0, 0.05) is 11.8 Å². The van der Waals surface area contributed by atoms with E-state index in [0.29, 0.717) is 11.8 Å². The van der Waals surface area contributed by atoms with Crippen LogP contribution in [0.1, 0.15) is 53.4 Å². The van der Waals surface area contributed by atoms with Crippen molar-refractivity contribution >= 4 is 0 Å². The van der Waals surface area contributed by atoms with Crippen LogP contribution in [0, 0.1) is 17.3 Å². The highest BCUT2D eigenvalue weighted by molar-refractivity contribution is 5.12. The van der Waals surface area contributed by atoms with Gasteiger partial charge in [-0.15, -0.1) is 0 Å². The molecule has 0 aromatic heterocycles. The number of allylic oxidation sites excluding steroid dienone is 1. The fourth-order valence-electron chi connectivity index (χ4n) is 3.24. The maximum atomic E-state index is 9.52. The summed E-state index contributed by atoms with van der Waals surface area (Å²) in [6.07, 6.45) is 6.48. The Kier molecular flexibility index (Phi) is 4.93. The second kappa shape index (κ2) is 6.17. The molecule has 0 aromatic rings. The molecule has 0 bridgehead atoms. The van der Waals surface area contributed by atoms with Gasteiger partial charge in [-0.05, 0) is 43.6 Å². The number of hydrogen-bond acceptors (Lipinski definition) is 3. The summed E-state index contributed by atoms with van der Waals surface area (Å²) < 4.78 is 11.9. The minimum Gasteiger partial charge on any atom is -0.392 e. The minimum absolute atomic E-state index is 0.119. The van der Waals surface area contributed by atoms with Gasteiger partial charge in [-0.2, -0.15) is 0 Å². The van der Waals surface area contributed by atoms with Crippen LogP contribution in [-0.4, -0.2) is 30.7 Å². The molecule has 1 N–H and O–H groups in total. The van der Waals surface area contributed by atoms with Gasteiger partial charge in [0.15, 0.2) is 5.79 Å². The Morgan fingerprint density at radius 2 is 1.90 bits per heavy atom. The lowest BCUT2D eigenvalue weighted by Crippen LogP contribution is -2.46. The maximum absolute atomic E-state index is 9.52. The van der Waals surface area contributed by atoms with E-state index in [0.717, 1.165) is 32.5 Å². The fourth-order valence-corrected chi connectivity index (χ4v) is 3.24. The summed E-state index contributed by atoms with van der Waals surface area (Å²) in [6.45, 7) is 10.4. The molecule has 20 heavy (non-hydrogen) atoms. The van der Waals surface area contributed by atoms with Crippen LogP contribution >= 0.6 is 0 Å². The summed E-state index contributed by atoms with van der Waals surface area (Å²) in [6, 6.07) is 0.